The van der Waals surface area contributed by atoms with Crippen molar-refractivity contribution in [2.24, 2.45) is 5.84 Å². The van der Waals surface area contributed by atoms with E-state index in [0.717, 1.165) is 32.7 Å². The normalized spacial score (nSPS) is 16.6. The van der Waals surface area contributed by atoms with Crippen LogP contribution in [-0.4, -0.2) is 43.5 Å². The van der Waals surface area contributed by atoms with E-state index in [1.54, 1.807) is 0 Å². The lowest BCUT2D eigenvalue weighted by Gasteiger charge is -2.36. The Morgan fingerprint density at radius 1 is 1.17 bits per heavy atom. The van der Waals surface area contributed by atoms with Gasteiger partial charge in [-0.05, 0) is 12.1 Å². The molecular weight excluding hydrogens is 228 g/mol. The summed E-state index contributed by atoms with van der Waals surface area (Å²) >= 11 is 0. The number of hydrazine groups is 1. The molecular formula is C13H20N4O. The summed E-state index contributed by atoms with van der Waals surface area (Å²) in [6, 6.07) is 10.4. The van der Waals surface area contributed by atoms with Crippen LogP contribution >= 0.6 is 0 Å². The van der Waals surface area contributed by atoms with Gasteiger partial charge in [0, 0.05) is 44.8 Å². The highest BCUT2D eigenvalue weighted by Crippen LogP contribution is 2.15. The molecule has 1 aromatic rings. The highest BCUT2D eigenvalue weighted by Gasteiger charge is 2.17. The number of carbonyl (C=O) groups is 1. The minimum atomic E-state index is -0.0968. The maximum absolute atomic E-state index is 11.1. The molecule has 1 aromatic carbocycles. The van der Waals surface area contributed by atoms with Crippen molar-refractivity contribution in [3.63, 3.8) is 0 Å². The van der Waals surface area contributed by atoms with Crippen LogP contribution in [0.1, 0.15) is 6.42 Å². The molecule has 98 valence electrons. The summed E-state index contributed by atoms with van der Waals surface area (Å²) in [6.45, 7) is 4.79. The van der Waals surface area contributed by atoms with E-state index < -0.39 is 0 Å². The molecule has 2 rings (SSSR count). The molecule has 1 saturated heterocycles. The third-order valence-corrected chi connectivity index (χ3v) is 3.31. The van der Waals surface area contributed by atoms with E-state index in [9.17, 15) is 4.79 Å². The number of nitrogens with one attached hydrogen (secondary N) is 1. The maximum Gasteiger partial charge on any atom is 0.235 e. The summed E-state index contributed by atoms with van der Waals surface area (Å²) in [5.74, 6) is 4.96. The summed E-state index contributed by atoms with van der Waals surface area (Å²) in [5.41, 5.74) is 3.44. The summed E-state index contributed by atoms with van der Waals surface area (Å²) in [7, 11) is 0. The first kappa shape index (κ1) is 12.9. The van der Waals surface area contributed by atoms with Crippen LogP contribution in [0.2, 0.25) is 0 Å². The number of piperazine rings is 1. The Bertz CT molecular complexity index is 374. The van der Waals surface area contributed by atoms with Crippen molar-refractivity contribution in [3.05, 3.63) is 30.3 Å². The van der Waals surface area contributed by atoms with Crippen molar-refractivity contribution in [2.45, 2.75) is 6.42 Å². The van der Waals surface area contributed by atoms with E-state index in [2.05, 4.69) is 39.5 Å². The van der Waals surface area contributed by atoms with E-state index in [-0.39, 0.29) is 5.91 Å². The molecule has 0 aliphatic carbocycles. The Hall–Kier alpha value is -1.59. The van der Waals surface area contributed by atoms with E-state index in [4.69, 9.17) is 5.84 Å². The van der Waals surface area contributed by atoms with Crippen LogP contribution in [-0.2, 0) is 4.79 Å². The lowest BCUT2D eigenvalue weighted by molar-refractivity contribution is -0.121. The highest BCUT2D eigenvalue weighted by atomic mass is 16.2. The monoisotopic (exact) mass is 248 g/mol. The van der Waals surface area contributed by atoms with Crippen LogP contribution < -0.4 is 16.2 Å². The molecule has 1 heterocycles. The molecule has 1 aliphatic rings. The molecule has 0 aromatic heterocycles. The zero-order valence-corrected chi connectivity index (χ0v) is 10.5. The number of anilines is 1. The van der Waals surface area contributed by atoms with Crippen LogP contribution in [0.15, 0.2) is 30.3 Å². The van der Waals surface area contributed by atoms with Crippen molar-refractivity contribution in [1.82, 2.24) is 10.3 Å². The third-order valence-electron chi connectivity index (χ3n) is 3.31. The molecule has 1 amide bonds. The van der Waals surface area contributed by atoms with Crippen molar-refractivity contribution in [1.29, 1.82) is 0 Å². The number of nitrogens with zero attached hydrogens (tertiary/aromatic N) is 2. The second-order valence-corrected chi connectivity index (χ2v) is 4.48. The summed E-state index contributed by atoms with van der Waals surface area (Å²) < 4.78 is 0. The number of carbonyl (C=O) groups excluding carboxylic acids is 1. The van der Waals surface area contributed by atoms with Crippen LogP contribution in [0.5, 0.6) is 0 Å². The van der Waals surface area contributed by atoms with Gasteiger partial charge >= 0.3 is 0 Å². The number of benzene rings is 1. The summed E-state index contributed by atoms with van der Waals surface area (Å²) in [6.07, 6.45) is 0.474. The summed E-state index contributed by atoms with van der Waals surface area (Å²) in [5, 5.41) is 0. The predicted octanol–water partition coefficient (Wildman–Crippen LogP) is 0.189. The lowest BCUT2D eigenvalue weighted by Crippen LogP contribution is -2.47. The Balaban J connectivity index is 1.76. The van der Waals surface area contributed by atoms with Gasteiger partial charge in [0.25, 0.3) is 0 Å². The third kappa shape index (κ3) is 3.45. The van der Waals surface area contributed by atoms with Gasteiger partial charge < -0.3 is 4.90 Å². The fourth-order valence-corrected chi connectivity index (χ4v) is 2.20. The van der Waals surface area contributed by atoms with Gasteiger partial charge in [-0.3, -0.25) is 15.1 Å². The molecule has 0 bridgehead atoms. The zero-order valence-electron chi connectivity index (χ0n) is 10.5. The van der Waals surface area contributed by atoms with Crippen LogP contribution in [0.4, 0.5) is 5.69 Å². The standard InChI is InChI=1S/C13H20N4O/c14-15-13(18)6-7-16-8-10-17(11-9-16)12-4-2-1-3-5-12/h1-5H,6-11,14H2,(H,15,18). The fourth-order valence-electron chi connectivity index (χ4n) is 2.20. The van der Waals surface area contributed by atoms with Gasteiger partial charge in [-0.2, -0.15) is 0 Å². The Morgan fingerprint density at radius 3 is 2.44 bits per heavy atom. The first-order valence-corrected chi connectivity index (χ1v) is 6.31. The number of amides is 1. The van der Waals surface area contributed by atoms with Crippen molar-refractivity contribution in [3.8, 4) is 0 Å². The Labute approximate surface area is 108 Å². The molecule has 0 radical (unpaired) electrons. The highest BCUT2D eigenvalue weighted by molar-refractivity contribution is 5.75. The minimum absolute atomic E-state index is 0.0968. The van der Waals surface area contributed by atoms with Crippen molar-refractivity contribution < 1.29 is 4.79 Å². The second-order valence-electron chi connectivity index (χ2n) is 4.48. The molecule has 1 aliphatic heterocycles. The topological polar surface area (TPSA) is 61.6 Å². The van der Waals surface area contributed by atoms with Gasteiger partial charge in [-0.15, -0.1) is 0 Å². The average Bonchev–Trinajstić information content (AvgIpc) is 2.46. The van der Waals surface area contributed by atoms with Gasteiger partial charge in [0.05, 0.1) is 0 Å². The minimum Gasteiger partial charge on any atom is -0.369 e. The van der Waals surface area contributed by atoms with Gasteiger partial charge in [0.2, 0.25) is 5.91 Å². The molecule has 3 N–H and O–H groups in total. The molecule has 5 heteroatoms. The molecule has 1 fully saturated rings. The number of hydrogen-bond donors (Lipinski definition) is 2. The van der Waals surface area contributed by atoms with Gasteiger partial charge in [-0.1, -0.05) is 18.2 Å². The smallest absolute Gasteiger partial charge is 0.235 e. The molecule has 0 spiro atoms. The Morgan fingerprint density at radius 2 is 1.83 bits per heavy atom. The number of hydrogen-bond acceptors (Lipinski definition) is 4. The Kier molecular flexibility index (Phi) is 4.55. The number of nitrogens with two attached hydrogens (primary N) is 1. The van der Waals surface area contributed by atoms with Crippen molar-refractivity contribution >= 4 is 11.6 Å². The van der Waals surface area contributed by atoms with Gasteiger partial charge in [-0.25, -0.2) is 5.84 Å². The molecule has 0 atom stereocenters. The average molecular weight is 248 g/mol. The molecule has 0 saturated carbocycles. The second kappa shape index (κ2) is 6.37. The number of rotatable bonds is 4. The van der Waals surface area contributed by atoms with Gasteiger partial charge in [0.1, 0.15) is 0 Å². The zero-order chi connectivity index (χ0) is 12.8. The number of para-hydroxylation sites is 1. The quantitative estimate of drug-likeness (QED) is 0.453. The van der Waals surface area contributed by atoms with Crippen LogP contribution in [0.3, 0.4) is 0 Å². The van der Waals surface area contributed by atoms with Crippen LogP contribution in [0.25, 0.3) is 0 Å². The summed E-state index contributed by atoms with van der Waals surface area (Å²) in [4.78, 5) is 15.7. The molecule has 5 nitrogen and oxygen atoms in total. The van der Waals surface area contributed by atoms with Crippen molar-refractivity contribution in [2.75, 3.05) is 37.6 Å². The molecule has 0 unspecified atom stereocenters. The van der Waals surface area contributed by atoms with E-state index in [1.165, 1.54) is 5.69 Å². The van der Waals surface area contributed by atoms with E-state index >= 15 is 0 Å². The lowest BCUT2D eigenvalue weighted by atomic mass is 10.2. The van der Waals surface area contributed by atoms with Crippen LogP contribution in [0, 0.1) is 0 Å². The van der Waals surface area contributed by atoms with E-state index in [1.807, 2.05) is 6.07 Å². The first-order chi connectivity index (χ1) is 8.79. The SMILES string of the molecule is NNC(=O)CCN1CCN(c2ccccc2)CC1. The largest absolute Gasteiger partial charge is 0.369 e. The van der Waals surface area contributed by atoms with E-state index in [0.29, 0.717) is 6.42 Å². The maximum atomic E-state index is 11.1. The molecule has 18 heavy (non-hydrogen) atoms. The fraction of sp³-hybridized carbons (Fsp3) is 0.462. The van der Waals surface area contributed by atoms with Gasteiger partial charge in [0.15, 0.2) is 0 Å². The first-order valence-electron chi connectivity index (χ1n) is 6.31. The predicted molar refractivity (Wildman–Crippen MR) is 72.0 cm³/mol.